The van der Waals surface area contributed by atoms with Crippen LogP contribution in [-0.2, 0) is 10.2 Å². The third kappa shape index (κ3) is 5.95. The molecule has 0 bridgehead atoms. The Bertz CT molecular complexity index is 1790. The first-order valence-electron chi connectivity index (χ1n) is 14.5. The number of anilines is 1. The zero-order chi connectivity index (χ0) is 32.1. The highest BCUT2D eigenvalue weighted by Gasteiger charge is 2.33. The fourth-order valence-corrected chi connectivity index (χ4v) is 5.78. The Morgan fingerprint density at radius 2 is 1.75 bits per heavy atom. The Morgan fingerprint density at radius 1 is 1.05 bits per heavy atom. The molecule has 44 heavy (non-hydrogen) atoms. The van der Waals surface area contributed by atoms with E-state index in [9.17, 15) is 14.7 Å². The molecule has 1 saturated heterocycles. The summed E-state index contributed by atoms with van der Waals surface area (Å²) in [5, 5.41) is 11.1. The number of hydrogen-bond donors (Lipinski definition) is 1. The summed E-state index contributed by atoms with van der Waals surface area (Å²) in [6.07, 6.45) is -0.407. The number of ether oxygens (including phenoxy) is 1. The van der Waals surface area contributed by atoms with E-state index in [2.05, 4.69) is 4.98 Å². The van der Waals surface area contributed by atoms with Crippen LogP contribution in [0.1, 0.15) is 54.0 Å². The Labute approximate surface area is 260 Å². The molecule has 0 saturated carbocycles. The number of piperazine rings is 1. The first kappa shape index (κ1) is 31.3. The summed E-state index contributed by atoms with van der Waals surface area (Å²) in [7, 11) is 0. The van der Waals surface area contributed by atoms with Crippen molar-refractivity contribution in [3.63, 3.8) is 0 Å². The number of pyridine rings is 1. The van der Waals surface area contributed by atoms with Crippen LogP contribution in [0.25, 0.3) is 28.0 Å². The summed E-state index contributed by atoms with van der Waals surface area (Å²) >= 11 is 6.75. The SMILES string of the molecule is C[C@H]1CN(C(=O)OC(C)(C)C)CCN1c1nc(=O)n(-c2ccccc2C(C)(C)C)c2nc(-c3c(O)cccc3F)c(Cl)cc12. The third-order valence-electron chi connectivity index (χ3n) is 7.53. The van der Waals surface area contributed by atoms with Gasteiger partial charge >= 0.3 is 11.8 Å². The number of rotatable bonds is 3. The molecule has 1 N–H and O–H groups in total. The van der Waals surface area contributed by atoms with Crippen molar-refractivity contribution in [2.45, 2.75) is 65.5 Å². The van der Waals surface area contributed by atoms with E-state index in [1.807, 2.05) is 77.6 Å². The molecule has 232 valence electrons. The lowest BCUT2D eigenvalue weighted by Crippen LogP contribution is -2.55. The first-order valence-corrected chi connectivity index (χ1v) is 14.9. The van der Waals surface area contributed by atoms with Crippen LogP contribution in [0.2, 0.25) is 5.02 Å². The number of aromatic hydroxyl groups is 1. The maximum Gasteiger partial charge on any atom is 0.410 e. The molecule has 1 aliphatic heterocycles. The molecule has 0 radical (unpaired) electrons. The van der Waals surface area contributed by atoms with E-state index in [4.69, 9.17) is 21.3 Å². The van der Waals surface area contributed by atoms with Crippen molar-refractivity contribution >= 4 is 34.5 Å². The molecule has 3 heterocycles. The van der Waals surface area contributed by atoms with Crippen LogP contribution in [0.3, 0.4) is 0 Å². The molecule has 1 fully saturated rings. The second kappa shape index (κ2) is 11.4. The number of aromatic nitrogens is 3. The topological polar surface area (TPSA) is 101 Å². The summed E-state index contributed by atoms with van der Waals surface area (Å²) < 4.78 is 22.1. The van der Waals surface area contributed by atoms with Crippen LogP contribution in [0, 0.1) is 5.82 Å². The molecule has 1 aliphatic rings. The lowest BCUT2D eigenvalue weighted by Gasteiger charge is -2.41. The number of amides is 1. The van der Waals surface area contributed by atoms with Crippen molar-refractivity contribution in [3.05, 3.63) is 75.4 Å². The fraction of sp³-hybridized carbons (Fsp3) is 0.394. The van der Waals surface area contributed by atoms with Gasteiger partial charge in [0.2, 0.25) is 0 Å². The van der Waals surface area contributed by atoms with Crippen LogP contribution in [0.15, 0.2) is 53.3 Å². The second-order valence-corrected chi connectivity index (χ2v) is 13.5. The first-order chi connectivity index (χ1) is 20.6. The second-order valence-electron chi connectivity index (χ2n) is 13.1. The van der Waals surface area contributed by atoms with Crippen molar-refractivity contribution in [2.75, 3.05) is 24.5 Å². The molecule has 2 aromatic heterocycles. The smallest absolute Gasteiger partial charge is 0.410 e. The average molecular weight is 622 g/mol. The largest absolute Gasteiger partial charge is 0.507 e. The van der Waals surface area contributed by atoms with Crippen LogP contribution in [-0.4, -0.2) is 61.9 Å². The van der Waals surface area contributed by atoms with Crippen molar-refractivity contribution in [1.82, 2.24) is 19.4 Å². The van der Waals surface area contributed by atoms with Crippen LogP contribution >= 0.6 is 11.6 Å². The molecular formula is C33H37ClFN5O4. The monoisotopic (exact) mass is 621 g/mol. The molecule has 5 rings (SSSR count). The molecule has 0 spiro atoms. The number of carbonyl (C=O) groups is 1. The van der Waals surface area contributed by atoms with Gasteiger partial charge in [0.15, 0.2) is 5.65 Å². The molecule has 1 amide bonds. The number of carbonyl (C=O) groups excluding carboxylic acids is 1. The maximum atomic E-state index is 15.1. The van der Waals surface area contributed by atoms with Crippen LogP contribution in [0.4, 0.5) is 15.0 Å². The van der Waals surface area contributed by atoms with Gasteiger partial charge in [-0.3, -0.25) is 0 Å². The Balaban J connectivity index is 1.73. The number of nitrogens with zero attached hydrogens (tertiary/aromatic N) is 5. The maximum absolute atomic E-state index is 15.1. The predicted molar refractivity (Wildman–Crippen MR) is 171 cm³/mol. The lowest BCUT2D eigenvalue weighted by molar-refractivity contribution is 0.0218. The van der Waals surface area contributed by atoms with Crippen LogP contribution in [0.5, 0.6) is 5.75 Å². The minimum Gasteiger partial charge on any atom is -0.507 e. The number of para-hydroxylation sites is 1. The predicted octanol–water partition coefficient (Wildman–Crippen LogP) is 6.69. The molecule has 9 nitrogen and oxygen atoms in total. The van der Waals surface area contributed by atoms with Gasteiger partial charge in [0, 0.05) is 25.7 Å². The van der Waals surface area contributed by atoms with Gasteiger partial charge < -0.3 is 19.6 Å². The van der Waals surface area contributed by atoms with Gasteiger partial charge in [-0.05, 0) is 62.9 Å². The lowest BCUT2D eigenvalue weighted by atomic mass is 9.85. The summed E-state index contributed by atoms with van der Waals surface area (Å²) in [6.45, 7) is 14.6. The van der Waals surface area contributed by atoms with Gasteiger partial charge in [-0.1, -0.05) is 56.6 Å². The number of fused-ring (bicyclic) bond motifs is 1. The zero-order valence-electron chi connectivity index (χ0n) is 26.0. The van der Waals surface area contributed by atoms with Gasteiger partial charge in [-0.2, -0.15) is 4.98 Å². The van der Waals surface area contributed by atoms with E-state index in [1.165, 1.54) is 22.8 Å². The Hall–Kier alpha value is -4.18. The van der Waals surface area contributed by atoms with Gasteiger partial charge in [-0.15, -0.1) is 0 Å². The highest BCUT2D eigenvalue weighted by molar-refractivity contribution is 6.34. The third-order valence-corrected chi connectivity index (χ3v) is 7.82. The highest BCUT2D eigenvalue weighted by Crippen LogP contribution is 2.39. The molecule has 0 unspecified atom stereocenters. The normalized spacial score (nSPS) is 16.0. The van der Waals surface area contributed by atoms with Gasteiger partial charge in [0.25, 0.3) is 0 Å². The van der Waals surface area contributed by atoms with E-state index in [1.54, 1.807) is 11.0 Å². The standard InChI is InChI=1S/C33H37ClFN5O4/c1-19-18-38(31(43)44-33(5,6)7)15-16-39(19)28-20-17-22(34)27(26-23(35)12-10-14-25(26)41)36-29(20)40(30(42)37-28)24-13-9-8-11-21(24)32(2,3)4/h8-14,17,19,41H,15-16,18H2,1-7H3/t19-/m0/s1. The van der Waals surface area contributed by atoms with Crippen molar-refractivity contribution in [2.24, 2.45) is 0 Å². The van der Waals surface area contributed by atoms with Crippen molar-refractivity contribution in [1.29, 1.82) is 0 Å². The molecular weight excluding hydrogens is 585 g/mol. The van der Waals surface area contributed by atoms with Gasteiger partial charge in [-0.25, -0.2) is 23.5 Å². The number of benzene rings is 2. The van der Waals surface area contributed by atoms with Gasteiger partial charge in [0.1, 0.15) is 23.0 Å². The van der Waals surface area contributed by atoms with Crippen LogP contribution < -0.4 is 10.6 Å². The quantitative estimate of drug-likeness (QED) is 0.272. The minimum atomic E-state index is -0.705. The molecule has 2 aromatic carbocycles. The van der Waals surface area contributed by atoms with E-state index in [0.29, 0.717) is 36.5 Å². The number of halogens is 2. The van der Waals surface area contributed by atoms with Gasteiger partial charge in [0.05, 0.1) is 27.4 Å². The number of hydrogen-bond acceptors (Lipinski definition) is 7. The summed E-state index contributed by atoms with van der Waals surface area (Å²) in [6, 6.07) is 12.8. The number of phenols is 1. The van der Waals surface area contributed by atoms with Crippen molar-refractivity contribution in [3.8, 4) is 22.7 Å². The molecule has 0 aliphatic carbocycles. The van der Waals surface area contributed by atoms with E-state index in [-0.39, 0.29) is 39.1 Å². The highest BCUT2D eigenvalue weighted by atomic mass is 35.5. The summed E-state index contributed by atoms with van der Waals surface area (Å²) in [4.78, 5) is 39.7. The van der Waals surface area contributed by atoms with E-state index >= 15 is 4.39 Å². The Morgan fingerprint density at radius 3 is 2.39 bits per heavy atom. The summed E-state index contributed by atoms with van der Waals surface area (Å²) in [5.74, 6) is -0.683. The van der Waals surface area contributed by atoms with E-state index < -0.39 is 23.2 Å². The van der Waals surface area contributed by atoms with Crippen molar-refractivity contribution < 1.29 is 19.0 Å². The molecule has 11 heteroatoms. The Kier molecular flexibility index (Phi) is 8.09. The zero-order valence-corrected chi connectivity index (χ0v) is 26.7. The fourth-order valence-electron chi connectivity index (χ4n) is 5.53. The number of phenolic OH excluding ortho intramolecular Hbond substituents is 1. The average Bonchev–Trinajstić information content (AvgIpc) is 2.92. The molecule has 4 aromatic rings. The summed E-state index contributed by atoms with van der Waals surface area (Å²) in [5.41, 5.74) is -0.0522. The van der Waals surface area contributed by atoms with E-state index in [0.717, 1.165) is 5.56 Å². The molecule has 1 atom stereocenters. The minimum absolute atomic E-state index is 0.00361.